The lowest BCUT2D eigenvalue weighted by Crippen LogP contribution is -1.97. The fourth-order valence-corrected chi connectivity index (χ4v) is 3.76. The first-order valence-electron chi connectivity index (χ1n) is 10.3. The Morgan fingerprint density at radius 3 is 1.88 bits per heavy atom. The Kier molecular flexibility index (Phi) is 6.40. The molecule has 7 nitrogen and oxygen atoms in total. The van der Waals surface area contributed by atoms with E-state index in [9.17, 15) is 0 Å². The van der Waals surface area contributed by atoms with E-state index in [4.69, 9.17) is 28.7 Å². The number of imidazole rings is 1. The molecule has 0 amide bonds. The van der Waals surface area contributed by atoms with Crippen LogP contribution in [0.15, 0.2) is 60.7 Å². The smallest absolute Gasteiger partial charge is 0.204 e. The van der Waals surface area contributed by atoms with Crippen molar-refractivity contribution in [3.05, 3.63) is 60.7 Å². The molecule has 33 heavy (non-hydrogen) atoms. The van der Waals surface area contributed by atoms with Gasteiger partial charge in [-0.1, -0.05) is 24.3 Å². The molecule has 0 unspecified atom stereocenters. The van der Waals surface area contributed by atoms with Crippen LogP contribution in [-0.4, -0.2) is 45.5 Å². The highest BCUT2D eigenvalue weighted by atomic mass is 16.5. The Labute approximate surface area is 192 Å². The van der Waals surface area contributed by atoms with Crippen LogP contribution in [0.1, 0.15) is 0 Å². The van der Waals surface area contributed by atoms with Gasteiger partial charge in [0.25, 0.3) is 0 Å². The van der Waals surface area contributed by atoms with E-state index in [-0.39, 0.29) is 0 Å². The predicted octanol–water partition coefficient (Wildman–Crippen LogP) is 5.45. The molecule has 0 bridgehead atoms. The Hall–Kier alpha value is -4.13. The zero-order valence-electron chi connectivity index (χ0n) is 19.3. The number of nitrogens with zero attached hydrogens (tertiary/aromatic N) is 1. The van der Waals surface area contributed by atoms with Gasteiger partial charge >= 0.3 is 0 Å². The van der Waals surface area contributed by atoms with Crippen LogP contribution >= 0.6 is 0 Å². The van der Waals surface area contributed by atoms with Gasteiger partial charge in [0, 0.05) is 11.1 Å². The Balaban J connectivity index is 1.96. The van der Waals surface area contributed by atoms with Crippen LogP contribution < -0.4 is 23.7 Å². The van der Waals surface area contributed by atoms with Crippen LogP contribution in [-0.2, 0) is 0 Å². The van der Waals surface area contributed by atoms with E-state index in [0.29, 0.717) is 23.1 Å². The molecule has 4 rings (SSSR count). The number of H-pyrrole nitrogens is 1. The van der Waals surface area contributed by atoms with Crippen LogP contribution in [0.25, 0.3) is 33.9 Å². The normalized spacial score (nSPS) is 10.6. The fourth-order valence-electron chi connectivity index (χ4n) is 3.76. The zero-order valence-corrected chi connectivity index (χ0v) is 19.3. The lowest BCUT2D eigenvalue weighted by atomic mass is 10.0. The summed E-state index contributed by atoms with van der Waals surface area (Å²) in [5, 5.41) is 0. The summed E-state index contributed by atoms with van der Waals surface area (Å²) < 4.78 is 27.6. The minimum absolute atomic E-state index is 0.500. The standard InChI is InChI=1S/C26H26N2O5/c1-29-18-10-6-8-16(14-18)22-23(17-9-7-11-19(15-17)30-2)28-26(27-22)20-12-13-21(31-3)25(33-5)24(20)32-4/h6-15H,1-5H3,(H,27,28). The summed E-state index contributed by atoms with van der Waals surface area (Å²) in [6, 6.07) is 19.3. The summed E-state index contributed by atoms with van der Waals surface area (Å²) in [6.07, 6.45) is 0. The average molecular weight is 447 g/mol. The van der Waals surface area contributed by atoms with Crippen molar-refractivity contribution < 1.29 is 23.7 Å². The Morgan fingerprint density at radius 2 is 1.27 bits per heavy atom. The Morgan fingerprint density at radius 1 is 0.636 bits per heavy atom. The van der Waals surface area contributed by atoms with Gasteiger partial charge in [0.2, 0.25) is 5.75 Å². The molecule has 0 radical (unpaired) electrons. The van der Waals surface area contributed by atoms with Crippen molar-refractivity contribution in [2.75, 3.05) is 35.5 Å². The maximum absolute atomic E-state index is 5.69. The fraction of sp³-hybridized carbons (Fsp3) is 0.192. The summed E-state index contributed by atoms with van der Waals surface area (Å²) in [7, 11) is 8.05. The van der Waals surface area contributed by atoms with Gasteiger partial charge in [0.05, 0.1) is 52.5 Å². The van der Waals surface area contributed by atoms with Gasteiger partial charge < -0.3 is 28.7 Å². The van der Waals surface area contributed by atoms with Gasteiger partial charge in [-0.25, -0.2) is 4.98 Å². The van der Waals surface area contributed by atoms with Crippen LogP contribution in [0.3, 0.4) is 0 Å². The van der Waals surface area contributed by atoms with Crippen molar-refractivity contribution >= 4 is 0 Å². The summed E-state index contributed by atoms with van der Waals surface area (Å²) >= 11 is 0. The third kappa shape index (κ3) is 4.17. The van der Waals surface area contributed by atoms with Gasteiger partial charge in [0.15, 0.2) is 11.5 Å². The van der Waals surface area contributed by atoms with Crippen LogP contribution in [0.4, 0.5) is 0 Å². The van der Waals surface area contributed by atoms with E-state index >= 15 is 0 Å². The molecule has 0 aliphatic rings. The molecule has 3 aromatic carbocycles. The van der Waals surface area contributed by atoms with Gasteiger partial charge in [0.1, 0.15) is 17.3 Å². The molecule has 1 heterocycles. The highest BCUT2D eigenvalue weighted by Gasteiger charge is 2.22. The third-order valence-corrected chi connectivity index (χ3v) is 5.36. The number of ether oxygens (including phenoxy) is 5. The second-order valence-electron chi connectivity index (χ2n) is 7.15. The van der Waals surface area contributed by atoms with Gasteiger partial charge in [-0.3, -0.25) is 0 Å². The largest absolute Gasteiger partial charge is 0.497 e. The molecular weight excluding hydrogens is 420 g/mol. The van der Waals surface area contributed by atoms with Crippen molar-refractivity contribution in [3.63, 3.8) is 0 Å². The van der Waals surface area contributed by atoms with Gasteiger partial charge in [-0.15, -0.1) is 0 Å². The van der Waals surface area contributed by atoms with E-state index in [0.717, 1.165) is 39.6 Å². The lowest BCUT2D eigenvalue weighted by Gasteiger charge is -2.14. The zero-order chi connectivity index (χ0) is 23.4. The van der Waals surface area contributed by atoms with Gasteiger partial charge in [-0.2, -0.15) is 0 Å². The van der Waals surface area contributed by atoms with E-state index in [1.807, 2.05) is 60.7 Å². The quantitative estimate of drug-likeness (QED) is 0.388. The molecule has 7 heteroatoms. The third-order valence-electron chi connectivity index (χ3n) is 5.36. The molecule has 0 saturated heterocycles. The van der Waals surface area contributed by atoms with Crippen molar-refractivity contribution in [2.24, 2.45) is 0 Å². The molecule has 1 aromatic heterocycles. The SMILES string of the molecule is COc1cccc(-c2nc(-c3ccc(OC)c(OC)c3OC)[nH]c2-c2cccc(OC)c2)c1. The second-order valence-corrected chi connectivity index (χ2v) is 7.15. The summed E-state index contributed by atoms with van der Waals surface area (Å²) in [5.41, 5.74) is 4.20. The minimum atomic E-state index is 0.500. The number of nitrogens with one attached hydrogen (secondary N) is 1. The number of aromatic nitrogens is 2. The van der Waals surface area contributed by atoms with Crippen molar-refractivity contribution in [1.29, 1.82) is 0 Å². The number of methoxy groups -OCH3 is 5. The van der Waals surface area contributed by atoms with E-state index in [1.54, 1.807) is 35.5 Å². The Bertz CT molecular complexity index is 1200. The van der Waals surface area contributed by atoms with E-state index < -0.39 is 0 Å². The molecule has 0 fully saturated rings. The molecule has 4 aromatic rings. The highest BCUT2D eigenvalue weighted by Crippen LogP contribution is 2.45. The lowest BCUT2D eigenvalue weighted by molar-refractivity contribution is 0.325. The number of rotatable bonds is 8. The molecule has 170 valence electrons. The monoisotopic (exact) mass is 446 g/mol. The molecular formula is C26H26N2O5. The average Bonchev–Trinajstić information content (AvgIpc) is 3.33. The van der Waals surface area contributed by atoms with Crippen molar-refractivity contribution in [2.45, 2.75) is 0 Å². The molecule has 0 aliphatic carbocycles. The summed E-state index contributed by atoms with van der Waals surface area (Å²) in [5.74, 6) is 3.73. The second kappa shape index (κ2) is 9.56. The van der Waals surface area contributed by atoms with Gasteiger partial charge in [-0.05, 0) is 36.4 Å². The molecule has 0 aliphatic heterocycles. The van der Waals surface area contributed by atoms with Crippen molar-refractivity contribution in [1.82, 2.24) is 9.97 Å². The van der Waals surface area contributed by atoms with Crippen LogP contribution in [0, 0.1) is 0 Å². The maximum Gasteiger partial charge on any atom is 0.204 e. The van der Waals surface area contributed by atoms with Crippen molar-refractivity contribution in [3.8, 4) is 62.7 Å². The molecule has 0 saturated carbocycles. The number of hydrogen-bond acceptors (Lipinski definition) is 6. The topological polar surface area (TPSA) is 74.8 Å². The highest BCUT2D eigenvalue weighted by molar-refractivity contribution is 5.84. The number of benzene rings is 3. The minimum Gasteiger partial charge on any atom is -0.497 e. The maximum atomic E-state index is 5.69. The first-order valence-corrected chi connectivity index (χ1v) is 10.3. The first-order chi connectivity index (χ1) is 16.1. The number of hydrogen-bond donors (Lipinski definition) is 1. The summed E-state index contributed by atoms with van der Waals surface area (Å²) in [4.78, 5) is 8.45. The molecule has 1 N–H and O–H groups in total. The molecule has 0 atom stereocenters. The summed E-state index contributed by atoms with van der Waals surface area (Å²) in [6.45, 7) is 0. The molecule has 0 spiro atoms. The van der Waals surface area contributed by atoms with E-state index in [1.165, 1.54) is 0 Å². The van der Waals surface area contributed by atoms with Crippen LogP contribution in [0.5, 0.6) is 28.7 Å². The van der Waals surface area contributed by atoms with E-state index in [2.05, 4.69) is 4.98 Å². The number of aromatic amines is 1. The predicted molar refractivity (Wildman–Crippen MR) is 128 cm³/mol. The van der Waals surface area contributed by atoms with Crippen LogP contribution in [0.2, 0.25) is 0 Å². The first kappa shape index (κ1) is 22.1.